The predicted octanol–water partition coefficient (Wildman–Crippen LogP) is 2.39. The van der Waals surface area contributed by atoms with Crippen molar-refractivity contribution in [1.82, 2.24) is 10.2 Å². The topological polar surface area (TPSA) is 39.1 Å². The summed E-state index contributed by atoms with van der Waals surface area (Å²) in [5.41, 5.74) is -0.407. The van der Waals surface area contributed by atoms with Gasteiger partial charge in [-0.05, 0) is 47.2 Å². The highest BCUT2D eigenvalue weighted by Crippen LogP contribution is 2.17. The highest BCUT2D eigenvalue weighted by atomic mass is 15.2. The fourth-order valence-corrected chi connectivity index (χ4v) is 2.00. The summed E-state index contributed by atoms with van der Waals surface area (Å²) < 4.78 is 0. The van der Waals surface area contributed by atoms with Crippen LogP contribution in [0, 0.1) is 11.3 Å². The second-order valence-corrected chi connectivity index (χ2v) is 4.95. The number of nitrogens with zero attached hydrogens (tertiary/aromatic N) is 2. The molecule has 3 unspecified atom stereocenters. The van der Waals surface area contributed by atoms with E-state index in [9.17, 15) is 5.26 Å². The molecule has 94 valence electrons. The fraction of sp³-hybridized carbons (Fsp3) is 0.923. The molecule has 3 atom stereocenters. The first kappa shape index (κ1) is 15.4. The van der Waals surface area contributed by atoms with E-state index >= 15 is 0 Å². The molecule has 1 N–H and O–H groups in total. The van der Waals surface area contributed by atoms with Gasteiger partial charge in [-0.3, -0.25) is 5.32 Å². The third-order valence-electron chi connectivity index (χ3n) is 3.50. The van der Waals surface area contributed by atoms with E-state index in [1.807, 2.05) is 13.8 Å². The fourth-order valence-electron chi connectivity index (χ4n) is 2.00. The van der Waals surface area contributed by atoms with E-state index < -0.39 is 5.54 Å². The smallest absolute Gasteiger partial charge is 0.105 e. The largest absolute Gasteiger partial charge is 0.301 e. The molecule has 0 fully saturated rings. The van der Waals surface area contributed by atoms with Gasteiger partial charge in [-0.1, -0.05) is 13.8 Å². The molecule has 0 spiro atoms. The minimum Gasteiger partial charge on any atom is -0.301 e. The number of nitriles is 1. The number of rotatable bonds is 7. The van der Waals surface area contributed by atoms with E-state index in [0.29, 0.717) is 12.1 Å². The normalized spacial score (nSPS) is 18.9. The molecule has 0 heterocycles. The quantitative estimate of drug-likeness (QED) is 0.723. The van der Waals surface area contributed by atoms with Crippen molar-refractivity contribution in [1.29, 1.82) is 5.26 Å². The predicted molar refractivity (Wildman–Crippen MR) is 69.3 cm³/mol. The summed E-state index contributed by atoms with van der Waals surface area (Å²) in [6.07, 6.45) is 2.00. The molecule has 0 saturated carbocycles. The summed E-state index contributed by atoms with van der Waals surface area (Å²) in [6.45, 7) is 11.5. The first-order chi connectivity index (χ1) is 7.40. The first-order valence-corrected chi connectivity index (χ1v) is 6.28. The van der Waals surface area contributed by atoms with Gasteiger partial charge in [-0.2, -0.15) is 5.26 Å². The molecular weight excluding hydrogens is 198 g/mol. The van der Waals surface area contributed by atoms with E-state index in [-0.39, 0.29) is 0 Å². The minimum atomic E-state index is -0.407. The first-order valence-electron chi connectivity index (χ1n) is 6.28. The van der Waals surface area contributed by atoms with Crippen molar-refractivity contribution in [2.45, 2.75) is 65.1 Å². The number of nitrogens with one attached hydrogen (secondary N) is 1. The van der Waals surface area contributed by atoms with E-state index in [1.165, 1.54) is 0 Å². The Morgan fingerprint density at radius 2 is 1.88 bits per heavy atom. The second-order valence-electron chi connectivity index (χ2n) is 4.95. The summed E-state index contributed by atoms with van der Waals surface area (Å²) in [4.78, 5) is 2.35. The third kappa shape index (κ3) is 4.51. The lowest BCUT2D eigenvalue weighted by atomic mass is 9.94. The molecule has 16 heavy (non-hydrogen) atoms. The van der Waals surface area contributed by atoms with Gasteiger partial charge >= 0.3 is 0 Å². The Kier molecular flexibility index (Phi) is 6.62. The number of hydrogen-bond donors (Lipinski definition) is 1. The molecule has 3 nitrogen and oxygen atoms in total. The average molecular weight is 225 g/mol. The van der Waals surface area contributed by atoms with Crippen LogP contribution in [0.15, 0.2) is 0 Å². The van der Waals surface area contributed by atoms with Crippen LogP contribution in [0.1, 0.15) is 47.5 Å². The van der Waals surface area contributed by atoms with Crippen molar-refractivity contribution >= 4 is 0 Å². The Labute approximate surface area is 101 Å². The SMILES string of the molecule is CCNC(C)(C#N)CC(C)N(C)C(C)CC. The number of hydrogen-bond acceptors (Lipinski definition) is 3. The Balaban J connectivity index is 4.41. The van der Waals surface area contributed by atoms with Crippen LogP contribution in [0.4, 0.5) is 0 Å². The molecule has 0 aromatic carbocycles. The van der Waals surface area contributed by atoms with Gasteiger partial charge in [-0.25, -0.2) is 0 Å². The highest BCUT2D eigenvalue weighted by Gasteiger charge is 2.27. The van der Waals surface area contributed by atoms with Crippen LogP contribution in [0.25, 0.3) is 0 Å². The van der Waals surface area contributed by atoms with Crippen molar-refractivity contribution in [3.8, 4) is 6.07 Å². The molecule has 0 aromatic heterocycles. The lowest BCUT2D eigenvalue weighted by Gasteiger charge is -2.34. The molecule has 0 bridgehead atoms. The third-order valence-corrected chi connectivity index (χ3v) is 3.50. The maximum Gasteiger partial charge on any atom is 0.105 e. The van der Waals surface area contributed by atoms with Gasteiger partial charge in [0, 0.05) is 12.1 Å². The van der Waals surface area contributed by atoms with Crippen LogP contribution in [-0.2, 0) is 0 Å². The summed E-state index contributed by atoms with van der Waals surface area (Å²) >= 11 is 0. The lowest BCUT2D eigenvalue weighted by molar-refractivity contribution is 0.163. The average Bonchev–Trinajstić information content (AvgIpc) is 2.27. The Morgan fingerprint density at radius 3 is 2.25 bits per heavy atom. The van der Waals surface area contributed by atoms with Gasteiger partial charge in [0.2, 0.25) is 0 Å². The molecular formula is C13H27N3. The molecule has 0 aromatic rings. The van der Waals surface area contributed by atoms with Crippen LogP contribution >= 0.6 is 0 Å². The lowest BCUT2D eigenvalue weighted by Crippen LogP contribution is -2.47. The van der Waals surface area contributed by atoms with Crippen molar-refractivity contribution in [3.05, 3.63) is 0 Å². The summed E-state index contributed by atoms with van der Waals surface area (Å²) in [7, 11) is 2.14. The molecule has 0 radical (unpaired) electrons. The zero-order valence-corrected chi connectivity index (χ0v) is 11.7. The standard InChI is InChI=1S/C13H27N3/c1-7-11(3)16(6)12(4)9-13(5,10-14)15-8-2/h11-12,15H,7-9H2,1-6H3. The molecule has 0 aliphatic rings. The summed E-state index contributed by atoms with van der Waals surface area (Å²) in [5.74, 6) is 0. The van der Waals surface area contributed by atoms with Crippen LogP contribution in [0.2, 0.25) is 0 Å². The molecule has 0 rings (SSSR count). The zero-order valence-electron chi connectivity index (χ0n) is 11.7. The summed E-state index contributed by atoms with van der Waals surface area (Å²) in [5, 5.41) is 12.5. The van der Waals surface area contributed by atoms with Gasteiger partial charge in [0.1, 0.15) is 5.54 Å². The van der Waals surface area contributed by atoms with Crippen LogP contribution in [-0.4, -0.2) is 36.1 Å². The van der Waals surface area contributed by atoms with Gasteiger partial charge in [0.25, 0.3) is 0 Å². The van der Waals surface area contributed by atoms with E-state index in [1.54, 1.807) is 0 Å². The molecule has 0 aliphatic heterocycles. The minimum absolute atomic E-state index is 0.407. The zero-order chi connectivity index (χ0) is 12.8. The Bertz CT molecular complexity index is 234. The van der Waals surface area contributed by atoms with Crippen LogP contribution < -0.4 is 5.32 Å². The maximum atomic E-state index is 9.21. The van der Waals surface area contributed by atoms with Crippen LogP contribution in [0.5, 0.6) is 0 Å². The van der Waals surface area contributed by atoms with Gasteiger partial charge in [0.05, 0.1) is 6.07 Å². The highest BCUT2D eigenvalue weighted by molar-refractivity contribution is 5.05. The van der Waals surface area contributed by atoms with Crippen molar-refractivity contribution in [2.24, 2.45) is 0 Å². The summed E-state index contributed by atoms with van der Waals surface area (Å²) in [6, 6.07) is 3.37. The monoisotopic (exact) mass is 225 g/mol. The van der Waals surface area contributed by atoms with E-state index in [2.05, 4.69) is 44.1 Å². The van der Waals surface area contributed by atoms with Gasteiger partial charge in [-0.15, -0.1) is 0 Å². The molecule has 0 amide bonds. The van der Waals surface area contributed by atoms with Crippen molar-refractivity contribution in [3.63, 3.8) is 0 Å². The van der Waals surface area contributed by atoms with E-state index in [4.69, 9.17) is 0 Å². The van der Waals surface area contributed by atoms with Crippen LogP contribution in [0.3, 0.4) is 0 Å². The van der Waals surface area contributed by atoms with E-state index in [0.717, 1.165) is 19.4 Å². The van der Waals surface area contributed by atoms with Crippen molar-refractivity contribution < 1.29 is 0 Å². The maximum absolute atomic E-state index is 9.21. The molecule has 0 aliphatic carbocycles. The molecule has 0 saturated heterocycles. The van der Waals surface area contributed by atoms with Gasteiger partial charge in [0.15, 0.2) is 0 Å². The Morgan fingerprint density at radius 1 is 1.31 bits per heavy atom. The molecule has 3 heteroatoms. The van der Waals surface area contributed by atoms with Gasteiger partial charge < -0.3 is 4.90 Å². The Hall–Kier alpha value is -0.590. The van der Waals surface area contributed by atoms with Crippen molar-refractivity contribution in [2.75, 3.05) is 13.6 Å². The second kappa shape index (κ2) is 6.88.